The van der Waals surface area contributed by atoms with Crippen molar-refractivity contribution >= 4 is 45.0 Å². The average Bonchev–Trinajstić information content (AvgIpc) is 2.86. The van der Waals surface area contributed by atoms with Gasteiger partial charge in [-0.25, -0.2) is 0 Å². The number of nitrogens with one attached hydrogen (secondary N) is 2. The second-order valence-corrected chi connectivity index (χ2v) is 9.21. The lowest BCUT2D eigenvalue weighted by atomic mass is 10.1. The molecule has 1 heterocycles. The third-order valence-electron chi connectivity index (χ3n) is 5.62. The van der Waals surface area contributed by atoms with E-state index in [1.54, 1.807) is 32.4 Å². The Morgan fingerprint density at radius 1 is 1.03 bits per heavy atom. The summed E-state index contributed by atoms with van der Waals surface area (Å²) in [6, 6.07) is 18.3. The van der Waals surface area contributed by atoms with Gasteiger partial charge in [0.05, 0.1) is 31.7 Å². The number of ether oxygens (including phenoxy) is 2. The number of methoxy groups -OCH3 is 2. The summed E-state index contributed by atoms with van der Waals surface area (Å²) in [5, 5.41) is 3.39. The second-order valence-electron chi connectivity index (χ2n) is 7.91. The number of halogens is 1. The molecule has 0 spiro atoms. The van der Waals surface area contributed by atoms with Gasteiger partial charge in [0, 0.05) is 16.6 Å². The number of aromatic amines is 1. The first-order chi connectivity index (χ1) is 16.9. The standard InChI is InChI=1S/C26H24BrN3O4S/c1-33-22-9-6-16(13-23(22)34-2)10-11-28-24(31)18-7-8-20-21(14-18)29-26(35)30(25(20)32)15-17-4-3-5-19(27)12-17/h3-9,12-14H,10-11,15H2,1-2H3,(H,28,31)(H,29,35). The third kappa shape index (κ3) is 5.63. The Morgan fingerprint density at radius 3 is 2.57 bits per heavy atom. The highest BCUT2D eigenvalue weighted by Gasteiger charge is 2.11. The van der Waals surface area contributed by atoms with Crippen molar-refractivity contribution in [1.29, 1.82) is 0 Å². The molecule has 3 aromatic carbocycles. The maximum Gasteiger partial charge on any atom is 0.262 e. The molecule has 2 N–H and O–H groups in total. The fourth-order valence-electron chi connectivity index (χ4n) is 3.82. The summed E-state index contributed by atoms with van der Waals surface area (Å²) in [6.07, 6.45) is 0.627. The van der Waals surface area contributed by atoms with E-state index in [-0.39, 0.29) is 11.5 Å². The Kier molecular flexibility index (Phi) is 7.67. The van der Waals surface area contributed by atoms with Crippen molar-refractivity contribution in [2.75, 3.05) is 20.8 Å². The number of rotatable bonds is 8. The number of benzene rings is 3. The molecule has 1 aromatic heterocycles. The minimum absolute atomic E-state index is 0.205. The van der Waals surface area contributed by atoms with Crippen LogP contribution in [0.5, 0.6) is 11.5 Å². The molecule has 35 heavy (non-hydrogen) atoms. The van der Waals surface area contributed by atoms with Gasteiger partial charge in [-0.1, -0.05) is 34.1 Å². The average molecular weight is 554 g/mol. The zero-order valence-electron chi connectivity index (χ0n) is 19.3. The topological polar surface area (TPSA) is 85.4 Å². The van der Waals surface area contributed by atoms with Crippen molar-refractivity contribution in [3.63, 3.8) is 0 Å². The summed E-state index contributed by atoms with van der Waals surface area (Å²) in [5.74, 6) is 1.07. The summed E-state index contributed by atoms with van der Waals surface area (Å²) < 4.78 is 13.3. The molecule has 0 bridgehead atoms. The molecule has 0 aliphatic rings. The van der Waals surface area contributed by atoms with Crippen LogP contribution < -0.4 is 20.3 Å². The van der Waals surface area contributed by atoms with Crippen LogP contribution in [0.3, 0.4) is 0 Å². The van der Waals surface area contributed by atoms with E-state index in [1.807, 2.05) is 42.5 Å². The molecule has 0 unspecified atom stereocenters. The minimum Gasteiger partial charge on any atom is -0.493 e. The number of aromatic nitrogens is 2. The molecule has 1 amide bonds. The molecule has 7 nitrogen and oxygen atoms in total. The fourth-order valence-corrected chi connectivity index (χ4v) is 4.52. The first-order valence-corrected chi connectivity index (χ1v) is 12.1. The molecule has 0 radical (unpaired) electrons. The van der Waals surface area contributed by atoms with Crippen LogP contribution in [0.15, 0.2) is 69.9 Å². The molecule has 0 atom stereocenters. The van der Waals surface area contributed by atoms with E-state index in [4.69, 9.17) is 21.7 Å². The quantitative estimate of drug-likeness (QED) is 0.304. The summed E-state index contributed by atoms with van der Waals surface area (Å²) in [5.41, 5.74) is 2.73. The number of nitrogens with zero attached hydrogens (tertiary/aromatic N) is 1. The Labute approximate surface area is 215 Å². The summed E-state index contributed by atoms with van der Waals surface area (Å²) in [7, 11) is 3.18. The van der Waals surface area contributed by atoms with Crippen molar-refractivity contribution < 1.29 is 14.3 Å². The monoisotopic (exact) mass is 553 g/mol. The first-order valence-electron chi connectivity index (χ1n) is 10.9. The van der Waals surface area contributed by atoms with Crippen LogP contribution in [0.25, 0.3) is 10.9 Å². The lowest BCUT2D eigenvalue weighted by molar-refractivity contribution is 0.0954. The van der Waals surface area contributed by atoms with E-state index in [0.717, 1.165) is 15.6 Å². The molecule has 0 saturated heterocycles. The van der Waals surface area contributed by atoms with Gasteiger partial charge >= 0.3 is 0 Å². The van der Waals surface area contributed by atoms with E-state index in [9.17, 15) is 9.59 Å². The van der Waals surface area contributed by atoms with Gasteiger partial charge in [0.1, 0.15) is 0 Å². The molecule has 0 aliphatic heterocycles. The minimum atomic E-state index is -0.231. The van der Waals surface area contributed by atoms with Gasteiger partial charge in [0.2, 0.25) is 0 Å². The van der Waals surface area contributed by atoms with E-state index in [2.05, 4.69) is 26.2 Å². The molecule has 4 aromatic rings. The second kappa shape index (κ2) is 10.9. The van der Waals surface area contributed by atoms with Crippen LogP contribution in [-0.2, 0) is 13.0 Å². The van der Waals surface area contributed by atoms with Crippen molar-refractivity contribution in [2.24, 2.45) is 0 Å². The van der Waals surface area contributed by atoms with Gasteiger partial charge in [-0.3, -0.25) is 14.2 Å². The van der Waals surface area contributed by atoms with Crippen LogP contribution in [0, 0.1) is 4.77 Å². The highest BCUT2D eigenvalue weighted by molar-refractivity contribution is 9.10. The number of carbonyl (C=O) groups excluding carboxylic acids is 1. The van der Waals surface area contributed by atoms with Crippen LogP contribution >= 0.6 is 28.1 Å². The zero-order chi connectivity index (χ0) is 24.9. The Hall–Kier alpha value is -3.43. The van der Waals surface area contributed by atoms with Crippen LogP contribution in [-0.4, -0.2) is 36.2 Å². The lowest BCUT2D eigenvalue weighted by Gasteiger charge is -2.11. The smallest absolute Gasteiger partial charge is 0.262 e. The van der Waals surface area contributed by atoms with Crippen molar-refractivity contribution in [3.8, 4) is 11.5 Å². The van der Waals surface area contributed by atoms with Gasteiger partial charge in [-0.2, -0.15) is 0 Å². The van der Waals surface area contributed by atoms with Gasteiger partial charge < -0.3 is 19.8 Å². The van der Waals surface area contributed by atoms with Gasteiger partial charge in [-0.05, 0) is 72.2 Å². The highest BCUT2D eigenvalue weighted by atomic mass is 79.9. The largest absolute Gasteiger partial charge is 0.493 e. The Morgan fingerprint density at radius 2 is 1.83 bits per heavy atom. The predicted octanol–water partition coefficient (Wildman–Crippen LogP) is 4.86. The Bertz CT molecular complexity index is 1510. The van der Waals surface area contributed by atoms with E-state index in [1.165, 1.54) is 4.57 Å². The molecule has 180 valence electrons. The fraction of sp³-hybridized carbons (Fsp3) is 0.192. The number of carbonyl (C=O) groups is 1. The normalized spacial score (nSPS) is 10.8. The molecular weight excluding hydrogens is 530 g/mol. The summed E-state index contributed by atoms with van der Waals surface area (Å²) in [4.78, 5) is 28.9. The van der Waals surface area contributed by atoms with Gasteiger partial charge in [0.25, 0.3) is 11.5 Å². The number of fused-ring (bicyclic) bond motifs is 1. The van der Waals surface area contributed by atoms with E-state index >= 15 is 0 Å². The van der Waals surface area contributed by atoms with Gasteiger partial charge in [-0.15, -0.1) is 0 Å². The molecule has 0 saturated carbocycles. The van der Waals surface area contributed by atoms with E-state index < -0.39 is 0 Å². The Balaban J connectivity index is 1.49. The van der Waals surface area contributed by atoms with Crippen molar-refractivity contribution in [3.05, 3.63) is 97.0 Å². The van der Waals surface area contributed by atoms with Crippen LogP contribution in [0.4, 0.5) is 0 Å². The molecule has 9 heteroatoms. The first kappa shape index (κ1) is 24.7. The summed E-state index contributed by atoms with van der Waals surface area (Å²) >= 11 is 8.89. The molecule has 0 fully saturated rings. The lowest BCUT2D eigenvalue weighted by Crippen LogP contribution is -2.26. The summed E-state index contributed by atoms with van der Waals surface area (Å²) in [6.45, 7) is 0.790. The predicted molar refractivity (Wildman–Crippen MR) is 142 cm³/mol. The van der Waals surface area contributed by atoms with Gasteiger partial charge in [0.15, 0.2) is 16.3 Å². The maximum absolute atomic E-state index is 13.1. The number of hydrogen-bond donors (Lipinski definition) is 2. The van der Waals surface area contributed by atoms with Crippen molar-refractivity contribution in [2.45, 2.75) is 13.0 Å². The third-order valence-corrected chi connectivity index (χ3v) is 6.44. The number of amides is 1. The molecule has 4 rings (SSSR count). The highest BCUT2D eigenvalue weighted by Crippen LogP contribution is 2.27. The van der Waals surface area contributed by atoms with Crippen molar-refractivity contribution in [1.82, 2.24) is 14.9 Å². The molecule has 0 aliphatic carbocycles. The van der Waals surface area contributed by atoms with E-state index in [0.29, 0.717) is 52.2 Å². The van der Waals surface area contributed by atoms with Crippen LogP contribution in [0.2, 0.25) is 0 Å². The number of H-pyrrole nitrogens is 1. The molecular formula is C26H24BrN3O4S. The zero-order valence-corrected chi connectivity index (χ0v) is 21.7. The number of hydrogen-bond acceptors (Lipinski definition) is 5. The maximum atomic E-state index is 13.1. The SMILES string of the molecule is COc1ccc(CCNC(=O)c2ccc3c(=O)n(Cc4cccc(Br)c4)c(=S)[nH]c3c2)cc1OC. The van der Waals surface area contributed by atoms with Crippen LogP contribution in [0.1, 0.15) is 21.5 Å².